The molecule has 28 heavy (non-hydrogen) atoms. The first-order chi connectivity index (χ1) is 13.7. The molecule has 6 nitrogen and oxygen atoms in total. The van der Waals surface area contributed by atoms with Crippen molar-refractivity contribution in [2.45, 2.75) is 19.4 Å². The molecule has 1 N–H and O–H groups in total. The van der Waals surface area contributed by atoms with Crippen molar-refractivity contribution in [3.8, 4) is 5.75 Å². The predicted octanol–water partition coefficient (Wildman–Crippen LogP) is 2.15. The minimum Gasteiger partial charge on any atom is -0.482 e. The molecule has 146 valence electrons. The zero-order valence-corrected chi connectivity index (χ0v) is 16.1. The van der Waals surface area contributed by atoms with Gasteiger partial charge in [-0.05, 0) is 29.7 Å². The average Bonchev–Trinajstić information content (AvgIpc) is 2.76. The second-order valence-corrected chi connectivity index (χ2v) is 7.14. The van der Waals surface area contributed by atoms with Crippen LogP contribution in [0.15, 0.2) is 48.5 Å². The van der Waals surface area contributed by atoms with Crippen LogP contribution in [0.25, 0.3) is 0 Å². The number of nitrogens with one attached hydrogen (secondary N) is 1. The lowest BCUT2D eigenvalue weighted by Crippen LogP contribution is -2.53. The second kappa shape index (κ2) is 8.02. The van der Waals surface area contributed by atoms with E-state index >= 15 is 0 Å². The monoisotopic (exact) mass is 379 g/mol. The molecule has 1 saturated heterocycles. The number of hydrogen-bond donors (Lipinski definition) is 1. The van der Waals surface area contributed by atoms with Gasteiger partial charge in [-0.25, -0.2) is 0 Å². The topological polar surface area (TPSA) is 61.9 Å². The number of carbonyl (C=O) groups excluding carboxylic acids is 2. The molecule has 0 aliphatic carbocycles. The molecule has 1 atom stereocenters. The number of hydrogen-bond acceptors (Lipinski definition) is 4. The quantitative estimate of drug-likeness (QED) is 0.884. The third-order valence-electron chi connectivity index (χ3n) is 5.44. The summed E-state index contributed by atoms with van der Waals surface area (Å²) >= 11 is 0. The highest BCUT2D eigenvalue weighted by molar-refractivity contribution is 6.02. The molecule has 2 heterocycles. The van der Waals surface area contributed by atoms with Crippen molar-refractivity contribution in [1.29, 1.82) is 0 Å². The Morgan fingerprint density at radius 2 is 1.96 bits per heavy atom. The van der Waals surface area contributed by atoms with Crippen LogP contribution in [0.1, 0.15) is 24.1 Å². The van der Waals surface area contributed by atoms with Crippen LogP contribution < -0.4 is 15.0 Å². The van der Waals surface area contributed by atoms with Gasteiger partial charge in [0.25, 0.3) is 5.91 Å². The summed E-state index contributed by atoms with van der Waals surface area (Å²) in [4.78, 5) is 29.0. The number of fused-ring (bicyclic) bond motifs is 1. The molecular weight excluding hydrogens is 354 g/mol. The third kappa shape index (κ3) is 3.60. The summed E-state index contributed by atoms with van der Waals surface area (Å²) in [5.41, 5.74) is 3.05. The number of ether oxygens (including phenoxy) is 1. The average molecular weight is 379 g/mol. The van der Waals surface area contributed by atoms with E-state index in [0.29, 0.717) is 24.5 Å². The molecule has 1 fully saturated rings. The van der Waals surface area contributed by atoms with Crippen molar-refractivity contribution in [2.24, 2.45) is 0 Å². The van der Waals surface area contributed by atoms with Gasteiger partial charge in [-0.1, -0.05) is 43.3 Å². The van der Waals surface area contributed by atoms with Gasteiger partial charge in [0.05, 0.1) is 11.7 Å². The summed E-state index contributed by atoms with van der Waals surface area (Å²) in [6.45, 7) is 4.22. The van der Waals surface area contributed by atoms with Gasteiger partial charge in [0.15, 0.2) is 6.61 Å². The van der Waals surface area contributed by atoms with Gasteiger partial charge >= 0.3 is 0 Å². The molecule has 2 aliphatic rings. The Morgan fingerprint density at radius 1 is 1.18 bits per heavy atom. The molecule has 2 aliphatic heterocycles. The molecule has 0 aromatic heterocycles. The third-order valence-corrected chi connectivity index (χ3v) is 5.44. The molecule has 2 aromatic rings. The lowest BCUT2D eigenvalue weighted by atomic mass is 10.0. The van der Waals surface area contributed by atoms with Gasteiger partial charge in [-0.3, -0.25) is 14.5 Å². The van der Waals surface area contributed by atoms with Gasteiger partial charge in [0, 0.05) is 19.6 Å². The SMILES string of the molecule is CCc1ccc(C2CNCCN2C(=O)CN2C(=O)COc3ccccc32)cc1. The molecule has 4 rings (SSSR count). The lowest BCUT2D eigenvalue weighted by Gasteiger charge is -2.38. The van der Waals surface area contributed by atoms with Crippen LogP contribution in [0.5, 0.6) is 5.75 Å². The molecule has 2 aromatic carbocycles. The van der Waals surface area contributed by atoms with E-state index in [-0.39, 0.29) is 31.0 Å². The maximum Gasteiger partial charge on any atom is 0.265 e. The number of benzene rings is 2. The van der Waals surface area contributed by atoms with E-state index < -0.39 is 0 Å². The maximum atomic E-state index is 13.2. The van der Waals surface area contributed by atoms with Crippen molar-refractivity contribution >= 4 is 17.5 Å². The fraction of sp³-hybridized carbons (Fsp3) is 0.364. The number of carbonyl (C=O) groups is 2. The smallest absolute Gasteiger partial charge is 0.265 e. The van der Waals surface area contributed by atoms with Crippen LogP contribution in [0.4, 0.5) is 5.69 Å². The van der Waals surface area contributed by atoms with Crippen LogP contribution in [-0.4, -0.2) is 49.5 Å². The molecule has 6 heteroatoms. The number of para-hydroxylation sites is 2. The van der Waals surface area contributed by atoms with Gasteiger partial charge in [-0.15, -0.1) is 0 Å². The first-order valence-corrected chi connectivity index (χ1v) is 9.78. The van der Waals surface area contributed by atoms with E-state index in [1.54, 1.807) is 4.90 Å². The molecule has 0 radical (unpaired) electrons. The molecule has 0 saturated carbocycles. The van der Waals surface area contributed by atoms with Crippen LogP contribution >= 0.6 is 0 Å². The normalized spacial score (nSPS) is 19.2. The zero-order chi connectivity index (χ0) is 19.5. The number of piperazine rings is 1. The highest BCUT2D eigenvalue weighted by Crippen LogP contribution is 2.32. The van der Waals surface area contributed by atoms with Gasteiger partial charge in [0.1, 0.15) is 12.3 Å². The summed E-state index contributed by atoms with van der Waals surface area (Å²) in [5, 5.41) is 3.38. The van der Waals surface area contributed by atoms with Crippen LogP contribution in [0.3, 0.4) is 0 Å². The first-order valence-electron chi connectivity index (χ1n) is 9.78. The summed E-state index contributed by atoms with van der Waals surface area (Å²) in [6, 6.07) is 15.8. The van der Waals surface area contributed by atoms with Crippen LogP contribution in [0, 0.1) is 0 Å². The summed E-state index contributed by atoms with van der Waals surface area (Å²) < 4.78 is 5.48. The maximum absolute atomic E-state index is 13.2. The molecule has 0 spiro atoms. The van der Waals surface area contributed by atoms with Gasteiger partial charge in [0.2, 0.25) is 5.91 Å². The van der Waals surface area contributed by atoms with E-state index in [2.05, 4.69) is 36.5 Å². The largest absolute Gasteiger partial charge is 0.482 e. The van der Waals surface area contributed by atoms with Crippen molar-refractivity contribution < 1.29 is 14.3 Å². The molecule has 2 amide bonds. The first kappa shape index (κ1) is 18.5. The predicted molar refractivity (Wildman–Crippen MR) is 107 cm³/mol. The van der Waals surface area contributed by atoms with Crippen molar-refractivity contribution in [3.05, 3.63) is 59.7 Å². The minimum atomic E-state index is -0.189. The van der Waals surface area contributed by atoms with Crippen molar-refractivity contribution in [1.82, 2.24) is 10.2 Å². The Morgan fingerprint density at radius 3 is 2.75 bits per heavy atom. The zero-order valence-electron chi connectivity index (χ0n) is 16.1. The number of anilines is 1. The highest BCUT2D eigenvalue weighted by atomic mass is 16.5. The standard InChI is InChI=1S/C22H25N3O3/c1-2-16-7-9-17(10-8-16)19-13-23-11-12-24(19)21(26)14-25-18-5-3-4-6-20(18)28-15-22(25)27/h3-10,19,23H,2,11-15H2,1H3. The summed E-state index contributed by atoms with van der Waals surface area (Å²) in [7, 11) is 0. The highest BCUT2D eigenvalue weighted by Gasteiger charge is 2.32. The number of nitrogens with zero attached hydrogens (tertiary/aromatic N) is 2. The number of rotatable bonds is 4. The van der Waals surface area contributed by atoms with E-state index in [1.807, 2.05) is 29.2 Å². The number of amides is 2. The van der Waals surface area contributed by atoms with E-state index in [9.17, 15) is 9.59 Å². The Labute approximate surface area is 165 Å². The lowest BCUT2D eigenvalue weighted by molar-refractivity contribution is -0.134. The summed E-state index contributed by atoms with van der Waals surface area (Å²) in [5.74, 6) is 0.407. The van der Waals surface area contributed by atoms with Gasteiger partial charge < -0.3 is 15.0 Å². The van der Waals surface area contributed by atoms with E-state index in [1.165, 1.54) is 5.56 Å². The van der Waals surface area contributed by atoms with Crippen molar-refractivity contribution in [3.63, 3.8) is 0 Å². The van der Waals surface area contributed by atoms with Crippen LogP contribution in [0.2, 0.25) is 0 Å². The fourth-order valence-corrected chi connectivity index (χ4v) is 3.83. The molecule has 0 bridgehead atoms. The Balaban J connectivity index is 1.55. The minimum absolute atomic E-state index is 0.0291. The Bertz CT molecular complexity index is 866. The van der Waals surface area contributed by atoms with Crippen LogP contribution in [-0.2, 0) is 16.0 Å². The Kier molecular flexibility index (Phi) is 5.30. The fourth-order valence-electron chi connectivity index (χ4n) is 3.83. The molecule has 1 unspecified atom stereocenters. The molecular formula is C22H25N3O3. The summed E-state index contributed by atoms with van der Waals surface area (Å²) in [6.07, 6.45) is 0.990. The van der Waals surface area contributed by atoms with Gasteiger partial charge in [-0.2, -0.15) is 0 Å². The van der Waals surface area contributed by atoms with Crippen molar-refractivity contribution in [2.75, 3.05) is 37.7 Å². The van der Waals surface area contributed by atoms with E-state index in [0.717, 1.165) is 18.5 Å². The Hall–Kier alpha value is -2.86. The second-order valence-electron chi connectivity index (χ2n) is 7.14. The van der Waals surface area contributed by atoms with E-state index in [4.69, 9.17) is 4.74 Å². The number of aryl methyl sites for hydroxylation is 1.